The first-order valence-electron chi connectivity index (χ1n) is 9.15. The third-order valence-corrected chi connectivity index (χ3v) is 5.97. The number of carbonyl (C=O) groups excluding carboxylic acids is 2. The molecule has 0 fully saturated rings. The molecule has 0 aliphatic heterocycles. The molecule has 29 heavy (non-hydrogen) atoms. The van der Waals surface area contributed by atoms with Crippen LogP contribution in [0.1, 0.15) is 25.0 Å². The van der Waals surface area contributed by atoms with Crippen molar-refractivity contribution in [2.45, 2.75) is 32.2 Å². The number of rotatable bonds is 9. The van der Waals surface area contributed by atoms with Gasteiger partial charge in [-0.1, -0.05) is 41.4 Å². The monoisotopic (exact) mass is 456 g/mol. The number of thioether (sulfide) groups is 1. The fourth-order valence-corrected chi connectivity index (χ4v) is 4.33. The molecule has 2 amide bonds. The summed E-state index contributed by atoms with van der Waals surface area (Å²) < 4.78 is 13.2. The maximum absolute atomic E-state index is 13.2. The standard InChI is InChI=1S/C21H23Cl2FN2O2S/c1-3-25-21(28)14(2)26(11-15-7-9-16(24)10-8-15)20(27)13-29-12-17-18(22)5-4-6-19(17)23/h4-10,14H,3,11-13H2,1-2H3,(H,25,28)/t14-/m0/s1. The molecular weight excluding hydrogens is 434 g/mol. The first-order chi connectivity index (χ1) is 13.8. The van der Waals surface area contributed by atoms with Gasteiger partial charge in [0.2, 0.25) is 11.8 Å². The maximum atomic E-state index is 13.2. The second kappa shape index (κ2) is 11.4. The molecule has 0 saturated carbocycles. The van der Waals surface area contributed by atoms with Gasteiger partial charge in [0, 0.05) is 28.9 Å². The third kappa shape index (κ3) is 6.91. The van der Waals surface area contributed by atoms with Gasteiger partial charge in [-0.2, -0.15) is 0 Å². The number of likely N-dealkylation sites (N-methyl/N-ethyl adjacent to an activating group) is 1. The van der Waals surface area contributed by atoms with Crippen molar-refractivity contribution in [2.24, 2.45) is 0 Å². The Hall–Kier alpha value is -1.76. The highest BCUT2D eigenvalue weighted by Crippen LogP contribution is 2.28. The number of amides is 2. The summed E-state index contributed by atoms with van der Waals surface area (Å²) >= 11 is 13.7. The van der Waals surface area contributed by atoms with Gasteiger partial charge >= 0.3 is 0 Å². The van der Waals surface area contributed by atoms with Crippen LogP contribution in [-0.4, -0.2) is 35.1 Å². The normalized spacial score (nSPS) is 11.8. The Morgan fingerprint density at radius 2 is 1.76 bits per heavy atom. The number of hydrogen-bond acceptors (Lipinski definition) is 3. The topological polar surface area (TPSA) is 49.4 Å². The zero-order valence-electron chi connectivity index (χ0n) is 16.3. The van der Waals surface area contributed by atoms with E-state index in [0.717, 1.165) is 11.1 Å². The van der Waals surface area contributed by atoms with Gasteiger partial charge in [-0.05, 0) is 49.2 Å². The highest BCUT2D eigenvalue weighted by Gasteiger charge is 2.25. The van der Waals surface area contributed by atoms with Gasteiger partial charge in [0.25, 0.3) is 0 Å². The van der Waals surface area contributed by atoms with Crippen LogP contribution in [0.3, 0.4) is 0 Å². The predicted molar refractivity (Wildman–Crippen MR) is 118 cm³/mol. The molecule has 1 N–H and O–H groups in total. The molecular formula is C21H23Cl2FN2O2S. The van der Waals surface area contributed by atoms with E-state index in [-0.39, 0.29) is 29.9 Å². The number of carbonyl (C=O) groups is 2. The van der Waals surface area contributed by atoms with Crippen molar-refractivity contribution in [1.29, 1.82) is 0 Å². The van der Waals surface area contributed by atoms with Crippen molar-refractivity contribution < 1.29 is 14.0 Å². The number of benzene rings is 2. The number of hydrogen-bond donors (Lipinski definition) is 1. The average molecular weight is 457 g/mol. The van der Waals surface area contributed by atoms with Crippen molar-refractivity contribution in [3.63, 3.8) is 0 Å². The third-order valence-electron chi connectivity index (χ3n) is 4.32. The van der Waals surface area contributed by atoms with Gasteiger partial charge in [0.05, 0.1) is 5.75 Å². The maximum Gasteiger partial charge on any atom is 0.242 e. The van der Waals surface area contributed by atoms with Gasteiger partial charge in [0.1, 0.15) is 11.9 Å². The second-order valence-electron chi connectivity index (χ2n) is 6.41. The van der Waals surface area contributed by atoms with E-state index in [9.17, 15) is 14.0 Å². The largest absolute Gasteiger partial charge is 0.355 e. The molecule has 0 radical (unpaired) electrons. The Morgan fingerprint density at radius 3 is 2.34 bits per heavy atom. The van der Waals surface area contributed by atoms with E-state index >= 15 is 0 Å². The zero-order valence-corrected chi connectivity index (χ0v) is 18.6. The van der Waals surface area contributed by atoms with Crippen molar-refractivity contribution >= 4 is 46.8 Å². The second-order valence-corrected chi connectivity index (χ2v) is 8.21. The Kier molecular flexibility index (Phi) is 9.27. The molecule has 2 rings (SSSR count). The molecule has 0 unspecified atom stereocenters. The van der Waals surface area contributed by atoms with E-state index in [1.165, 1.54) is 28.8 Å². The SMILES string of the molecule is CCNC(=O)[C@H](C)N(Cc1ccc(F)cc1)C(=O)CSCc1c(Cl)cccc1Cl. The summed E-state index contributed by atoms with van der Waals surface area (Å²) in [6, 6.07) is 10.5. The zero-order chi connectivity index (χ0) is 21.4. The molecule has 2 aromatic carbocycles. The van der Waals surface area contributed by atoms with Crippen LogP contribution in [0.5, 0.6) is 0 Å². The van der Waals surface area contributed by atoms with Gasteiger partial charge in [-0.25, -0.2) is 4.39 Å². The van der Waals surface area contributed by atoms with E-state index in [0.29, 0.717) is 22.3 Å². The molecule has 2 aromatic rings. The van der Waals surface area contributed by atoms with Gasteiger partial charge in [0.15, 0.2) is 0 Å². The fraction of sp³-hybridized carbons (Fsp3) is 0.333. The molecule has 0 aliphatic carbocycles. The van der Waals surface area contributed by atoms with Crippen molar-refractivity contribution in [2.75, 3.05) is 12.3 Å². The highest BCUT2D eigenvalue weighted by molar-refractivity contribution is 7.99. The minimum atomic E-state index is -0.656. The van der Waals surface area contributed by atoms with E-state index in [4.69, 9.17) is 23.2 Å². The smallest absolute Gasteiger partial charge is 0.242 e. The summed E-state index contributed by atoms with van der Waals surface area (Å²) in [5.41, 5.74) is 1.52. The lowest BCUT2D eigenvalue weighted by atomic mass is 10.1. The van der Waals surface area contributed by atoms with Crippen LogP contribution in [0.4, 0.5) is 4.39 Å². The van der Waals surface area contributed by atoms with Gasteiger partial charge in [-0.15, -0.1) is 11.8 Å². The number of halogens is 3. The lowest BCUT2D eigenvalue weighted by Crippen LogP contribution is -2.48. The molecule has 0 spiro atoms. The summed E-state index contributed by atoms with van der Waals surface area (Å²) in [6.45, 7) is 4.19. The van der Waals surface area contributed by atoms with Crippen LogP contribution < -0.4 is 5.32 Å². The lowest BCUT2D eigenvalue weighted by molar-refractivity contribution is -0.138. The van der Waals surface area contributed by atoms with Crippen LogP contribution in [0.2, 0.25) is 10.0 Å². The Bertz CT molecular complexity index is 829. The summed E-state index contributed by atoms with van der Waals surface area (Å²) in [7, 11) is 0. The quantitative estimate of drug-likeness (QED) is 0.582. The molecule has 0 heterocycles. The summed E-state index contributed by atoms with van der Waals surface area (Å²) in [5, 5.41) is 3.84. The molecule has 156 valence electrons. The van der Waals surface area contributed by atoms with Crippen molar-refractivity contribution in [1.82, 2.24) is 10.2 Å². The average Bonchev–Trinajstić information content (AvgIpc) is 2.69. The van der Waals surface area contributed by atoms with E-state index < -0.39 is 6.04 Å². The fourth-order valence-electron chi connectivity index (χ4n) is 2.68. The molecule has 0 bridgehead atoms. The number of nitrogens with zero attached hydrogens (tertiary/aromatic N) is 1. The minimum Gasteiger partial charge on any atom is -0.355 e. The molecule has 0 aromatic heterocycles. The van der Waals surface area contributed by atoms with Crippen molar-refractivity contribution in [3.8, 4) is 0 Å². The molecule has 0 saturated heterocycles. The Morgan fingerprint density at radius 1 is 1.14 bits per heavy atom. The predicted octanol–water partition coefficient (Wildman–Crippen LogP) is 4.92. The van der Waals surface area contributed by atoms with E-state index in [1.54, 1.807) is 37.3 Å². The molecule has 4 nitrogen and oxygen atoms in total. The molecule has 1 atom stereocenters. The van der Waals surface area contributed by atoms with Gasteiger partial charge < -0.3 is 10.2 Å². The molecule has 0 aliphatic rings. The van der Waals surface area contributed by atoms with E-state index in [2.05, 4.69) is 5.32 Å². The molecule has 8 heteroatoms. The van der Waals surface area contributed by atoms with E-state index in [1.807, 2.05) is 6.92 Å². The van der Waals surface area contributed by atoms with Gasteiger partial charge in [-0.3, -0.25) is 9.59 Å². The minimum absolute atomic E-state index is 0.159. The van der Waals surface area contributed by atoms with Crippen LogP contribution in [0.15, 0.2) is 42.5 Å². The lowest BCUT2D eigenvalue weighted by Gasteiger charge is -2.28. The first kappa shape index (κ1) is 23.5. The first-order valence-corrected chi connectivity index (χ1v) is 11.1. The Labute approximate surface area is 184 Å². The number of nitrogens with one attached hydrogen (secondary N) is 1. The summed E-state index contributed by atoms with van der Waals surface area (Å²) in [6.07, 6.45) is 0. The summed E-state index contributed by atoms with van der Waals surface area (Å²) in [5.74, 6) is -0.143. The van der Waals surface area contributed by atoms with Crippen LogP contribution >= 0.6 is 35.0 Å². The van der Waals surface area contributed by atoms with Crippen LogP contribution in [0, 0.1) is 5.82 Å². The van der Waals surface area contributed by atoms with Crippen LogP contribution in [-0.2, 0) is 21.9 Å². The Balaban J connectivity index is 2.08. The van der Waals surface area contributed by atoms with Crippen molar-refractivity contribution in [3.05, 3.63) is 69.5 Å². The van der Waals surface area contributed by atoms with Crippen LogP contribution in [0.25, 0.3) is 0 Å². The highest BCUT2D eigenvalue weighted by atomic mass is 35.5. The summed E-state index contributed by atoms with van der Waals surface area (Å²) in [4.78, 5) is 26.7.